The summed E-state index contributed by atoms with van der Waals surface area (Å²) in [6.07, 6.45) is 3.85. The van der Waals surface area contributed by atoms with Crippen LogP contribution >= 0.6 is 0 Å². The van der Waals surface area contributed by atoms with Gasteiger partial charge in [0.15, 0.2) is 18.2 Å². The van der Waals surface area contributed by atoms with Gasteiger partial charge in [-0.15, -0.1) is 0 Å². The van der Waals surface area contributed by atoms with E-state index in [4.69, 9.17) is 24.0 Å². The summed E-state index contributed by atoms with van der Waals surface area (Å²) in [4.78, 5) is 24.1. The van der Waals surface area contributed by atoms with Gasteiger partial charge in [-0.05, 0) is 56.6 Å². The van der Waals surface area contributed by atoms with Crippen molar-refractivity contribution in [2.75, 3.05) is 18.5 Å². The Morgan fingerprint density at radius 3 is 2.76 bits per heavy atom. The maximum Gasteiger partial charge on any atom is 0.319 e. The molecule has 4 saturated heterocycles. The molecule has 4 aliphatic heterocycles. The number of nitrogens with one attached hydrogen (secondary N) is 2. The molecule has 1 spiro atoms. The number of benzene rings is 1. The predicted octanol–water partition coefficient (Wildman–Crippen LogP) is 4.42. The van der Waals surface area contributed by atoms with Crippen LogP contribution in [-0.4, -0.2) is 43.2 Å². The van der Waals surface area contributed by atoms with Crippen LogP contribution in [0.3, 0.4) is 0 Å². The number of carbonyl (C=O) groups excluding carboxylic acids is 1. The molecule has 2 N–H and O–H groups in total. The quantitative estimate of drug-likeness (QED) is 0.483. The van der Waals surface area contributed by atoms with Gasteiger partial charge in [-0.2, -0.15) is 0 Å². The van der Waals surface area contributed by atoms with Crippen LogP contribution in [0.2, 0.25) is 0 Å². The molecular weight excluding hydrogens is 424 g/mol. The van der Waals surface area contributed by atoms with Crippen molar-refractivity contribution >= 4 is 11.7 Å². The van der Waals surface area contributed by atoms with Crippen molar-refractivity contribution in [1.29, 1.82) is 0 Å². The van der Waals surface area contributed by atoms with E-state index in [0.717, 1.165) is 24.9 Å². The highest BCUT2D eigenvalue weighted by Crippen LogP contribution is 2.60. The molecule has 0 unspecified atom stereocenters. The third-order valence-corrected chi connectivity index (χ3v) is 8.02. The number of hydrogen-bond donors (Lipinski definition) is 2. The minimum Gasteiger partial charge on any atom is -0.352 e. The molecule has 6 rings (SSSR count). The molecule has 0 radical (unpaired) electrons. The number of fused-ring (bicyclic) bond motifs is 2. The Bertz CT molecular complexity index is 839. The summed E-state index contributed by atoms with van der Waals surface area (Å²) in [5.41, 5.74) is 0.201. The van der Waals surface area contributed by atoms with E-state index < -0.39 is 17.7 Å². The highest BCUT2D eigenvalue weighted by molar-refractivity contribution is 5.89. The topological polar surface area (TPSA) is 87.3 Å². The predicted molar refractivity (Wildman–Crippen MR) is 121 cm³/mol. The van der Waals surface area contributed by atoms with Gasteiger partial charge in [0, 0.05) is 30.5 Å². The van der Waals surface area contributed by atoms with Crippen molar-refractivity contribution in [2.24, 2.45) is 23.7 Å². The molecule has 33 heavy (non-hydrogen) atoms. The smallest absolute Gasteiger partial charge is 0.319 e. The van der Waals surface area contributed by atoms with Gasteiger partial charge < -0.3 is 24.8 Å². The second kappa shape index (κ2) is 9.15. The average molecular weight is 461 g/mol. The van der Waals surface area contributed by atoms with Crippen LogP contribution in [0.1, 0.15) is 52.9 Å². The molecule has 4 heterocycles. The van der Waals surface area contributed by atoms with E-state index in [0.29, 0.717) is 31.4 Å². The van der Waals surface area contributed by atoms with Crippen molar-refractivity contribution in [3.05, 3.63) is 30.3 Å². The molecule has 0 aromatic heterocycles. The number of ether oxygens (including phenoxy) is 3. The minimum absolute atomic E-state index is 0.153. The molecule has 8 nitrogen and oxygen atoms in total. The first kappa shape index (κ1) is 23.1. The van der Waals surface area contributed by atoms with Gasteiger partial charge in [0.1, 0.15) is 0 Å². The first-order chi connectivity index (χ1) is 15.9. The molecule has 8 atom stereocenters. The zero-order chi connectivity index (χ0) is 23.1. The largest absolute Gasteiger partial charge is 0.352 e. The Kier molecular flexibility index (Phi) is 6.39. The minimum atomic E-state index is -0.779. The normalized spacial score (nSPS) is 41.7. The lowest BCUT2D eigenvalue weighted by atomic mass is 9.58. The number of amides is 2. The third-order valence-electron chi connectivity index (χ3n) is 8.02. The highest BCUT2D eigenvalue weighted by atomic mass is 17.3. The molecule has 2 amide bonds. The fraction of sp³-hybridized carbons (Fsp3) is 0.720. The number of anilines is 1. The Morgan fingerprint density at radius 1 is 1.12 bits per heavy atom. The van der Waals surface area contributed by atoms with E-state index >= 15 is 0 Å². The van der Waals surface area contributed by atoms with Crippen molar-refractivity contribution in [3.8, 4) is 0 Å². The van der Waals surface area contributed by atoms with Crippen LogP contribution in [0.25, 0.3) is 0 Å². The first-order valence-corrected chi connectivity index (χ1v) is 12.3. The first-order valence-electron chi connectivity index (χ1n) is 12.3. The van der Waals surface area contributed by atoms with Crippen LogP contribution in [-0.2, 0) is 24.0 Å². The molecule has 1 saturated carbocycles. The van der Waals surface area contributed by atoms with E-state index in [1.54, 1.807) is 0 Å². The average Bonchev–Trinajstić information content (AvgIpc) is 3.03. The Morgan fingerprint density at radius 2 is 1.94 bits per heavy atom. The zero-order valence-corrected chi connectivity index (χ0v) is 19.8. The lowest BCUT2D eigenvalue weighted by Gasteiger charge is -2.60. The van der Waals surface area contributed by atoms with Crippen molar-refractivity contribution < 1.29 is 28.8 Å². The Balaban J connectivity index is 1.16. The fourth-order valence-corrected chi connectivity index (χ4v) is 6.23. The fourth-order valence-electron chi connectivity index (χ4n) is 6.23. The monoisotopic (exact) mass is 460 g/mol. The lowest BCUT2D eigenvalue weighted by molar-refractivity contribution is -0.577. The van der Waals surface area contributed by atoms with Crippen LogP contribution in [0.15, 0.2) is 30.3 Å². The molecular formula is C25H36N2O6. The summed E-state index contributed by atoms with van der Waals surface area (Å²) in [6, 6.07) is 9.16. The van der Waals surface area contributed by atoms with Gasteiger partial charge in [-0.3, -0.25) is 0 Å². The lowest BCUT2D eigenvalue weighted by Crippen LogP contribution is -2.70. The van der Waals surface area contributed by atoms with Gasteiger partial charge >= 0.3 is 6.03 Å². The summed E-state index contributed by atoms with van der Waals surface area (Å²) in [5, 5.41) is 5.68. The van der Waals surface area contributed by atoms with Gasteiger partial charge in [0.05, 0.1) is 6.61 Å². The number of rotatable bonds is 6. The molecule has 5 aliphatic rings. The number of hydrogen-bond acceptors (Lipinski definition) is 6. The Labute approximate surface area is 195 Å². The molecule has 1 aromatic carbocycles. The van der Waals surface area contributed by atoms with E-state index in [2.05, 4.69) is 24.5 Å². The summed E-state index contributed by atoms with van der Waals surface area (Å²) in [6.45, 7) is 7.43. The SMILES string of the molecule is C[C@H]1[C@H](OCCCNC(=O)Nc2ccccc2)O[C@@H]2O[C@]3(C)CC[C@H]4[C@H](C)CC[C@@H]1[C@@]24OO3. The maximum absolute atomic E-state index is 12.0. The summed E-state index contributed by atoms with van der Waals surface area (Å²) < 4.78 is 18.9. The number of para-hydroxylation sites is 1. The van der Waals surface area contributed by atoms with Gasteiger partial charge in [-0.25, -0.2) is 14.6 Å². The number of urea groups is 1. The van der Waals surface area contributed by atoms with Crippen LogP contribution in [0, 0.1) is 23.7 Å². The Hall–Kier alpha value is -1.71. The van der Waals surface area contributed by atoms with E-state index in [1.165, 1.54) is 6.42 Å². The molecule has 1 aliphatic carbocycles. The van der Waals surface area contributed by atoms with Gasteiger partial charge in [0.2, 0.25) is 5.79 Å². The second-order valence-corrected chi connectivity index (χ2v) is 10.2. The van der Waals surface area contributed by atoms with Gasteiger partial charge in [0.25, 0.3) is 0 Å². The summed E-state index contributed by atoms with van der Waals surface area (Å²) in [7, 11) is 0. The third kappa shape index (κ3) is 4.28. The van der Waals surface area contributed by atoms with Crippen LogP contribution in [0.5, 0.6) is 0 Å². The van der Waals surface area contributed by atoms with Crippen molar-refractivity contribution in [2.45, 2.75) is 76.8 Å². The van der Waals surface area contributed by atoms with E-state index in [9.17, 15) is 4.79 Å². The molecule has 2 bridgehead atoms. The second-order valence-electron chi connectivity index (χ2n) is 10.2. The van der Waals surface area contributed by atoms with Crippen LogP contribution < -0.4 is 10.6 Å². The molecule has 182 valence electrons. The van der Waals surface area contributed by atoms with E-state index in [1.807, 2.05) is 37.3 Å². The zero-order valence-electron chi connectivity index (χ0n) is 19.8. The maximum atomic E-state index is 12.0. The molecule has 1 aromatic rings. The van der Waals surface area contributed by atoms with Gasteiger partial charge in [-0.1, -0.05) is 32.0 Å². The summed E-state index contributed by atoms with van der Waals surface area (Å²) in [5.74, 6) is 0.512. The van der Waals surface area contributed by atoms with E-state index in [-0.39, 0.29) is 24.2 Å². The highest BCUT2D eigenvalue weighted by Gasteiger charge is 2.69. The van der Waals surface area contributed by atoms with Crippen molar-refractivity contribution in [3.63, 3.8) is 0 Å². The van der Waals surface area contributed by atoms with Crippen LogP contribution in [0.4, 0.5) is 10.5 Å². The number of carbonyl (C=O) groups is 1. The standard InChI is InChI=1S/C25H36N2O6/c1-16-10-11-20-17(2)21(29-15-7-14-26-23(28)27-18-8-5-4-6-9-18)30-22-25(20)19(16)12-13-24(3,31-22)32-33-25/h4-6,8-9,16-17,19-22H,7,10-15H2,1-3H3,(H2,26,27,28)/t16-,17-,19+,20+,21-,22-,24+,25-/m1/s1. The molecule has 5 fully saturated rings. The van der Waals surface area contributed by atoms with Crippen molar-refractivity contribution in [1.82, 2.24) is 5.32 Å². The molecule has 8 heteroatoms. The summed E-state index contributed by atoms with van der Waals surface area (Å²) >= 11 is 0.